The smallest absolute Gasteiger partial charge is 0.123 e. The van der Waals surface area contributed by atoms with E-state index in [9.17, 15) is 0 Å². The summed E-state index contributed by atoms with van der Waals surface area (Å²) < 4.78 is 5.75. The Morgan fingerprint density at radius 3 is 2.94 bits per heavy atom. The van der Waals surface area contributed by atoms with Crippen molar-refractivity contribution in [2.24, 2.45) is 0 Å². The van der Waals surface area contributed by atoms with E-state index in [1.807, 2.05) is 13.0 Å². The molecule has 18 heavy (non-hydrogen) atoms. The fourth-order valence-electron chi connectivity index (χ4n) is 1.63. The SMILES string of the molecule is CPNCCCc1ccc(P)cc1O[C@@H](C)CO. The normalized spacial score (nSPS) is 13.1. The molecule has 0 radical (unpaired) electrons. The number of benzene rings is 1. The topological polar surface area (TPSA) is 41.5 Å². The monoisotopic (exact) mass is 287 g/mol. The molecule has 1 aromatic rings. The van der Waals surface area contributed by atoms with Gasteiger partial charge < -0.3 is 9.84 Å². The Morgan fingerprint density at radius 1 is 1.50 bits per heavy atom. The highest BCUT2D eigenvalue weighted by Gasteiger charge is 2.08. The van der Waals surface area contributed by atoms with Gasteiger partial charge in [0.05, 0.1) is 6.61 Å². The van der Waals surface area contributed by atoms with E-state index in [1.54, 1.807) is 0 Å². The van der Waals surface area contributed by atoms with Crippen LogP contribution in [0.25, 0.3) is 0 Å². The predicted octanol–water partition coefficient (Wildman–Crippen LogP) is 1.69. The molecule has 0 saturated carbocycles. The van der Waals surface area contributed by atoms with Crippen LogP contribution >= 0.6 is 18.0 Å². The van der Waals surface area contributed by atoms with Crippen LogP contribution in [0.1, 0.15) is 18.9 Å². The van der Waals surface area contributed by atoms with Crippen LogP contribution in [-0.2, 0) is 6.42 Å². The zero-order valence-corrected chi connectivity index (χ0v) is 13.2. The lowest BCUT2D eigenvalue weighted by atomic mass is 10.1. The van der Waals surface area contributed by atoms with Crippen LogP contribution < -0.4 is 15.1 Å². The van der Waals surface area contributed by atoms with Gasteiger partial charge in [-0.3, -0.25) is 5.09 Å². The Balaban J connectivity index is 2.64. The summed E-state index contributed by atoms with van der Waals surface area (Å²) in [7, 11) is 3.47. The van der Waals surface area contributed by atoms with E-state index in [1.165, 1.54) is 5.56 Å². The molecule has 102 valence electrons. The fraction of sp³-hybridized carbons (Fsp3) is 0.538. The van der Waals surface area contributed by atoms with Crippen LogP contribution in [0.5, 0.6) is 5.75 Å². The van der Waals surface area contributed by atoms with Gasteiger partial charge in [-0.05, 0) is 49.9 Å². The maximum absolute atomic E-state index is 9.06. The number of aliphatic hydroxyl groups excluding tert-OH is 1. The molecule has 0 bridgehead atoms. The summed E-state index contributed by atoms with van der Waals surface area (Å²) in [6.45, 7) is 5.09. The molecule has 0 aromatic heterocycles. The lowest BCUT2D eigenvalue weighted by molar-refractivity contribution is 0.129. The van der Waals surface area contributed by atoms with Crippen molar-refractivity contribution in [3.63, 3.8) is 0 Å². The van der Waals surface area contributed by atoms with Crippen molar-refractivity contribution in [2.75, 3.05) is 19.8 Å². The second kappa shape index (κ2) is 8.82. The third-order valence-electron chi connectivity index (χ3n) is 2.60. The Kier molecular flexibility index (Phi) is 7.77. The van der Waals surface area contributed by atoms with Crippen LogP contribution in [0.3, 0.4) is 0 Å². The summed E-state index contributed by atoms with van der Waals surface area (Å²) >= 11 is 0. The molecule has 0 aliphatic carbocycles. The highest BCUT2D eigenvalue weighted by Crippen LogP contribution is 2.21. The summed E-state index contributed by atoms with van der Waals surface area (Å²) in [4.78, 5) is 0. The van der Waals surface area contributed by atoms with Crippen LogP contribution in [0.2, 0.25) is 0 Å². The Bertz CT molecular complexity index is 361. The molecule has 0 saturated heterocycles. The molecule has 5 heteroatoms. The molecule has 0 aliphatic heterocycles. The van der Waals surface area contributed by atoms with Crippen molar-refractivity contribution in [3.8, 4) is 5.75 Å². The van der Waals surface area contributed by atoms with E-state index >= 15 is 0 Å². The molecule has 0 heterocycles. The number of ether oxygens (including phenoxy) is 1. The van der Waals surface area contributed by atoms with Gasteiger partial charge in [-0.15, -0.1) is 9.24 Å². The summed E-state index contributed by atoms with van der Waals surface area (Å²) in [6.07, 6.45) is 1.93. The van der Waals surface area contributed by atoms with Crippen LogP contribution in [0, 0.1) is 0 Å². The maximum atomic E-state index is 9.06. The second-order valence-electron chi connectivity index (χ2n) is 4.26. The number of rotatable bonds is 8. The largest absolute Gasteiger partial charge is 0.488 e. The molecular weight excluding hydrogens is 264 g/mol. The fourth-order valence-corrected chi connectivity index (χ4v) is 2.31. The average molecular weight is 287 g/mol. The maximum Gasteiger partial charge on any atom is 0.123 e. The molecule has 3 nitrogen and oxygen atoms in total. The van der Waals surface area contributed by atoms with Gasteiger partial charge >= 0.3 is 0 Å². The van der Waals surface area contributed by atoms with E-state index in [0.29, 0.717) is 0 Å². The average Bonchev–Trinajstić information content (AvgIpc) is 2.36. The first-order valence-electron chi connectivity index (χ1n) is 6.23. The zero-order valence-electron chi connectivity index (χ0n) is 11.1. The first-order chi connectivity index (χ1) is 8.67. The van der Waals surface area contributed by atoms with Crippen molar-refractivity contribution in [2.45, 2.75) is 25.9 Å². The molecule has 2 N–H and O–H groups in total. The van der Waals surface area contributed by atoms with Crippen molar-refractivity contribution in [1.29, 1.82) is 0 Å². The van der Waals surface area contributed by atoms with E-state index in [-0.39, 0.29) is 12.7 Å². The third kappa shape index (κ3) is 5.63. The molecule has 0 fully saturated rings. The van der Waals surface area contributed by atoms with Crippen molar-refractivity contribution >= 4 is 23.3 Å². The number of aliphatic hydroxyl groups is 1. The van der Waals surface area contributed by atoms with Gasteiger partial charge in [0.15, 0.2) is 0 Å². The standard InChI is InChI=1S/C13H23NO2P2/c1-10(9-15)16-13-8-12(17)6-5-11(13)4-3-7-14-18-2/h5-6,8,10,14-15,18H,3-4,7,9,17H2,1-2H3/t10-/m0/s1. The summed E-state index contributed by atoms with van der Waals surface area (Å²) in [6, 6.07) is 6.20. The van der Waals surface area contributed by atoms with E-state index in [2.05, 4.69) is 33.1 Å². The van der Waals surface area contributed by atoms with Crippen LogP contribution in [0.15, 0.2) is 18.2 Å². The minimum atomic E-state index is -0.161. The Morgan fingerprint density at radius 2 is 2.28 bits per heavy atom. The highest BCUT2D eigenvalue weighted by molar-refractivity contribution is 7.34. The number of aryl methyl sites for hydroxylation is 1. The molecule has 0 aliphatic rings. The van der Waals surface area contributed by atoms with Gasteiger partial charge in [-0.2, -0.15) is 0 Å². The van der Waals surface area contributed by atoms with Gasteiger partial charge in [0.2, 0.25) is 0 Å². The number of hydrogen-bond acceptors (Lipinski definition) is 3. The summed E-state index contributed by atoms with van der Waals surface area (Å²) in [5, 5.41) is 13.5. The first-order valence-corrected chi connectivity index (χ1v) is 8.30. The van der Waals surface area contributed by atoms with Gasteiger partial charge in [-0.1, -0.05) is 20.9 Å². The van der Waals surface area contributed by atoms with E-state index < -0.39 is 0 Å². The van der Waals surface area contributed by atoms with Crippen molar-refractivity contribution in [1.82, 2.24) is 5.09 Å². The van der Waals surface area contributed by atoms with Crippen molar-refractivity contribution < 1.29 is 9.84 Å². The molecule has 1 rings (SSSR count). The number of nitrogens with one attached hydrogen (secondary N) is 1. The second-order valence-corrected chi connectivity index (χ2v) is 5.78. The van der Waals surface area contributed by atoms with Gasteiger partial charge in [-0.25, -0.2) is 0 Å². The van der Waals surface area contributed by atoms with Crippen LogP contribution in [0.4, 0.5) is 0 Å². The summed E-state index contributed by atoms with van der Waals surface area (Å²) in [5.74, 6) is 0.892. The zero-order chi connectivity index (χ0) is 13.4. The minimum absolute atomic E-state index is 0.0407. The van der Waals surface area contributed by atoms with E-state index in [0.717, 1.165) is 39.2 Å². The molecule has 0 spiro atoms. The lowest BCUT2D eigenvalue weighted by Gasteiger charge is -2.16. The van der Waals surface area contributed by atoms with E-state index in [4.69, 9.17) is 9.84 Å². The highest BCUT2D eigenvalue weighted by atomic mass is 31.1. The van der Waals surface area contributed by atoms with Gasteiger partial charge in [0.25, 0.3) is 0 Å². The quantitative estimate of drug-likeness (QED) is 0.565. The minimum Gasteiger partial charge on any atom is -0.488 e. The van der Waals surface area contributed by atoms with Gasteiger partial charge in [0, 0.05) is 0 Å². The van der Waals surface area contributed by atoms with Gasteiger partial charge in [0.1, 0.15) is 11.9 Å². The molecule has 2 unspecified atom stereocenters. The predicted molar refractivity (Wildman–Crippen MR) is 83.5 cm³/mol. The molecule has 3 atom stereocenters. The first kappa shape index (κ1) is 15.9. The number of hydrogen-bond donors (Lipinski definition) is 2. The third-order valence-corrected chi connectivity index (χ3v) is 3.56. The molecular formula is C13H23NO2P2. The molecule has 0 amide bonds. The Hall–Kier alpha value is -0.200. The Labute approximate surface area is 114 Å². The lowest BCUT2D eigenvalue weighted by Crippen LogP contribution is -2.18. The molecule has 1 aromatic carbocycles. The van der Waals surface area contributed by atoms with Crippen LogP contribution in [-0.4, -0.2) is 31.0 Å². The van der Waals surface area contributed by atoms with Crippen molar-refractivity contribution in [3.05, 3.63) is 23.8 Å². The summed E-state index contributed by atoms with van der Waals surface area (Å²) in [5.41, 5.74) is 1.21.